The molecule has 1 atom stereocenters. The molecule has 1 amide bonds. The highest BCUT2D eigenvalue weighted by atomic mass is 16.5. The number of likely N-dealkylation sites (tertiary alicyclic amines) is 1. The maximum atomic E-state index is 12.3. The molecule has 2 heterocycles. The molecule has 4 heteroatoms. The van der Waals surface area contributed by atoms with Crippen molar-refractivity contribution in [3.05, 3.63) is 29.8 Å². The van der Waals surface area contributed by atoms with Gasteiger partial charge in [0, 0.05) is 45.6 Å². The fourth-order valence-corrected chi connectivity index (χ4v) is 3.15. The van der Waals surface area contributed by atoms with Gasteiger partial charge in [0.05, 0.1) is 0 Å². The quantitative estimate of drug-likeness (QED) is 0.858. The second-order valence-corrected chi connectivity index (χ2v) is 6.44. The molecule has 0 aliphatic carbocycles. The molecule has 4 nitrogen and oxygen atoms in total. The van der Waals surface area contributed by atoms with Gasteiger partial charge >= 0.3 is 0 Å². The molecule has 0 unspecified atom stereocenters. The summed E-state index contributed by atoms with van der Waals surface area (Å²) in [5.41, 5.74) is 1.24. The number of hydrogen-bond acceptors (Lipinski definition) is 3. The molecule has 0 radical (unpaired) electrons. The molecule has 2 saturated heterocycles. The molecule has 2 aliphatic heterocycles. The number of ether oxygens (including phenoxy) is 2. The Kier molecular flexibility index (Phi) is 4.98. The van der Waals surface area contributed by atoms with E-state index in [2.05, 4.69) is 19.1 Å². The first-order valence-electron chi connectivity index (χ1n) is 8.29. The van der Waals surface area contributed by atoms with E-state index >= 15 is 0 Å². The molecule has 2 fully saturated rings. The van der Waals surface area contributed by atoms with Gasteiger partial charge in [0.15, 0.2) is 0 Å². The third-order valence-electron chi connectivity index (χ3n) is 4.61. The lowest BCUT2D eigenvalue weighted by atomic mass is 10.0. The topological polar surface area (TPSA) is 38.8 Å². The van der Waals surface area contributed by atoms with E-state index in [1.807, 2.05) is 17.0 Å². The van der Waals surface area contributed by atoms with Crippen molar-refractivity contribution in [2.75, 3.05) is 26.3 Å². The Morgan fingerprint density at radius 2 is 1.95 bits per heavy atom. The highest BCUT2D eigenvalue weighted by Crippen LogP contribution is 2.22. The first kappa shape index (κ1) is 15.3. The number of aryl methyl sites for hydroxylation is 1. The number of nitrogens with zero attached hydrogens (tertiary/aromatic N) is 1. The van der Waals surface area contributed by atoms with Gasteiger partial charge in [0.2, 0.25) is 5.91 Å². The van der Waals surface area contributed by atoms with Gasteiger partial charge in [-0.15, -0.1) is 0 Å². The normalized spacial score (nSPS) is 22.8. The minimum absolute atomic E-state index is 0.224. The summed E-state index contributed by atoms with van der Waals surface area (Å²) >= 11 is 0. The lowest BCUT2D eigenvalue weighted by Crippen LogP contribution is -2.42. The zero-order valence-corrected chi connectivity index (χ0v) is 13.3. The predicted octanol–water partition coefficient (Wildman–Crippen LogP) is 2.79. The molecule has 0 spiro atoms. The van der Waals surface area contributed by atoms with Crippen LogP contribution < -0.4 is 4.74 Å². The Morgan fingerprint density at radius 3 is 2.59 bits per heavy atom. The van der Waals surface area contributed by atoms with Crippen LogP contribution in [0.4, 0.5) is 0 Å². The maximum Gasteiger partial charge on any atom is 0.222 e. The molecular formula is C18H25NO3. The molecule has 0 saturated carbocycles. The second kappa shape index (κ2) is 7.14. The SMILES string of the molecule is Cc1ccc(OC2CCN(C(=O)C[C@H]3CCOC3)CC2)cc1. The van der Waals surface area contributed by atoms with Crippen LogP contribution in [-0.4, -0.2) is 43.2 Å². The summed E-state index contributed by atoms with van der Waals surface area (Å²) in [6.45, 7) is 5.25. The van der Waals surface area contributed by atoms with Gasteiger partial charge in [0.25, 0.3) is 0 Å². The summed E-state index contributed by atoms with van der Waals surface area (Å²) in [5.74, 6) is 1.64. The van der Waals surface area contributed by atoms with Gasteiger partial charge < -0.3 is 14.4 Å². The summed E-state index contributed by atoms with van der Waals surface area (Å²) in [6.07, 6.45) is 3.73. The Balaban J connectivity index is 1.43. The van der Waals surface area contributed by atoms with E-state index in [0.717, 1.165) is 51.3 Å². The highest BCUT2D eigenvalue weighted by Gasteiger charge is 2.27. The first-order valence-corrected chi connectivity index (χ1v) is 8.29. The number of hydrogen-bond donors (Lipinski definition) is 0. The predicted molar refractivity (Wildman–Crippen MR) is 85.0 cm³/mol. The molecule has 3 rings (SSSR count). The van der Waals surface area contributed by atoms with E-state index < -0.39 is 0 Å². The van der Waals surface area contributed by atoms with Gasteiger partial charge in [-0.1, -0.05) is 17.7 Å². The molecular weight excluding hydrogens is 278 g/mol. The maximum absolute atomic E-state index is 12.3. The van der Waals surface area contributed by atoms with E-state index in [1.165, 1.54) is 5.56 Å². The molecule has 22 heavy (non-hydrogen) atoms. The Bertz CT molecular complexity index is 486. The van der Waals surface area contributed by atoms with E-state index in [0.29, 0.717) is 12.3 Å². The standard InChI is InChI=1S/C18H25NO3/c1-14-2-4-16(5-3-14)22-17-6-9-19(10-7-17)18(20)12-15-8-11-21-13-15/h2-5,15,17H,6-13H2,1H3/t15-/m1/s1. The highest BCUT2D eigenvalue weighted by molar-refractivity contribution is 5.76. The Morgan fingerprint density at radius 1 is 1.23 bits per heavy atom. The van der Waals surface area contributed by atoms with E-state index in [-0.39, 0.29) is 12.0 Å². The third-order valence-corrected chi connectivity index (χ3v) is 4.61. The lowest BCUT2D eigenvalue weighted by Gasteiger charge is -2.32. The smallest absolute Gasteiger partial charge is 0.222 e. The van der Waals surface area contributed by atoms with Crippen molar-refractivity contribution in [1.82, 2.24) is 4.90 Å². The molecule has 1 aromatic rings. The van der Waals surface area contributed by atoms with Gasteiger partial charge in [-0.2, -0.15) is 0 Å². The zero-order chi connectivity index (χ0) is 15.4. The van der Waals surface area contributed by atoms with Crippen LogP contribution in [0.1, 0.15) is 31.2 Å². The second-order valence-electron chi connectivity index (χ2n) is 6.44. The minimum Gasteiger partial charge on any atom is -0.490 e. The van der Waals surface area contributed by atoms with Crippen molar-refractivity contribution in [3.8, 4) is 5.75 Å². The van der Waals surface area contributed by atoms with Crippen LogP contribution in [0.25, 0.3) is 0 Å². The molecule has 1 aromatic carbocycles. The average Bonchev–Trinajstić information content (AvgIpc) is 3.03. The third kappa shape index (κ3) is 4.01. The monoisotopic (exact) mass is 303 g/mol. The van der Waals surface area contributed by atoms with Crippen molar-refractivity contribution in [3.63, 3.8) is 0 Å². The summed E-state index contributed by atoms with van der Waals surface area (Å²) < 4.78 is 11.4. The number of carbonyl (C=O) groups is 1. The van der Waals surface area contributed by atoms with Crippen LogP contribution in [0.2, 0.25) is 0 Å². The van der Waals surface area contributed by atoms with Crippen LogP contribution in [0, 0.1) is 12.8 Å². The summed E-state index contributed by atoms with van der Waals surface area (Å²) in [4.78, 5) is 14.3. The summed E-state index contributed by atoms with van der Waals surface area (Å²) in [5, 5.41) is 0. The summed E-state index contributed by atoms with van der Waals surface area (Å²) in [6, 6.07) is 8.18. The van der Waals surface area contributed by atoms with E-state index in [9.17, 15) is 4.79 Å². The van der Waals surface area contributed by atoms with Gasteiger partial charge in [-0.25, -0.2) is 0 Å². The lowest BCUT2D eigenvalue weighted by molar-refractivity contribution is -0.134. The van der Waals surface area contributed by atoms with Crippen molar-refractivity contribution in [2.24, 2.45) is 5.92 Å². The van der Waals surface area contributed by atoms with Gasteiger partial charge in [0.1, 0.15) is 11.9 Å². The van der Waals surface area contributed by atoms with Gasteiger partial charge in [-0.3, -0.25) is 4.79 Å². The molecule has 120 valence electrons. The number of piperidine rings is 1. The van der Waals surface area contributed by atoms with Crippen molar-refractivity contribution in [2.45, 2.75) is 38.7 Å². The molecule has 0 N–H and O–H groups in total. The van der Waals surface area contributed by atoms with Crippen LogP contribution in [0.5, 0.6) is 5.75 Å². The number of benzene rings is 1. The van der Waals surface area contributed by atoms with Gasteiger partial charge in [-0.05, 0) is 31.4 Å². The van der Waals surface area contributed by atoms with E-state index in [1.54, 1.807) is 0 Å². The number of rotatable bonds is 4. The zero-order valence-electron chi connectivity index (χ0n) is 13.3. The Labute approximate surface area is 132 Å². The average molecular weight is 303 g/mol. The van der Waals surface area contributed by atoms with Crippen molar-refractivity contribution in [1.29, 1.82) is 0 Å². The molecule has 2 aliphatic rings. The Hall–Kier alpha value is -1.55. The molecule has 0 aromatic heterocycles. The minimum atomic E-state index is 0.224. The summed E-state index contributed by atoms with van der Waals surface area (Å²) in [7, 11) is 0. The van der Waals surface area contributed by atoms with Crippen LogP contribution in [0.3, 0.4) is 0 Å². The van der Waals surface area contributed by atoms with Crippen molar-refractivity contribution < 1.29 is 14.3 Å². The first-order chi connectivity index (χ1) is 10.7. The largest absolute Gasteiger partial charge is 0.490 e. The number of amides is 1. The van der Waals surface area contributed by atoms with Crippen LogP contribution in [0.15, 0.2) is 24.3 Å². The number of carbonyl (C=O) groups excluding carboxylic acids is 1. The van der Waals surface area contributed by atoms with Crippen LogP contribution >= 0.6 is 0 Å². The van der Waals surface area contributed by atoms with Crippen molar-refractivity contribution >= 4 is 5.91 Å². The van der Waals surface area contributed by atoms with E-state index in [4.69, 9.17) is 9.47 Å². The fraction of sp³-hybridized carbons (Fsp3) is 0.611. The van der Waals surface area contributed by atoms with Crippen LogP contribution in [-0.2, 0) is 9.53 Å². The molecule has 0 bridgehead atoms. The fourth-order valence-electron chi connectivity index (χ4n) is 3.15.